The molecule has 0 fully saturated rings. The molecule has 0 rings (SSSR count). The molecule has 0 amide bonds. The first-order chi connectivity index (χ1) is 4.27. The SMILES string of the molecule is CCCC/C=C/N(C)N. The Kier molecular flexibility index (Phi) is 5.32. The Morgan fingerprint density at radius 3 is 2.67 bits per heavy atom. The number of hydrazine groups is 1. The van der Waals surface area contributed by atoms with Gasteiger partial charge < -0.3 is 5.01 Å². The number of unbranched alkanes of at least 4 members (excludes halogenated alkanes) is 2. The van der Waals surface area contributed by atoms with E-state index in [0.29, 0.717) is 0 Å². The van der Waals surface area contributed by atoms with Crippen molar-refractivity contribution < 1.29 is 0 Å². The van der Waals surface area contributed by atoms with E-state index in [4.69, 9.17) is 5.84 Å². The van der Waals surface area contributed by atoms with E-state index >= 15 is 0 Å². The average Bonchev–Trinajstić information content (AvgIpc) is 1.80. The minimum absolute atomic E-state index is 1.14. The van der Waals surface area contributed by atoms with Crippen LogP contribution in [0.1, 0.15) is 26.2 Å². The summed E-state index contributed by atoms with van der Waals surface area (Å²) in [5, 5.41) is 1.57. The van der Waals surface area contributed by atoms with Gasteiger partial charge in [0.2, 0.25) is 0 Å². The number of allylic oxidation sites excluding steroid dienone is 1. The van der Waals surface area contributed by atoms with Crippen LogP contribution in [0.25, 0.3) is 0 Å². The molecule has 0 aliphatic heterocycles. The van der Waals surface area contributed by atoms with Crippen molar-refractivity contribution in [2.45, 2.75) is 26.2 Å². The van der Waals surface area contributed by atoms with Gasteiger partial charge in [0.1, 0.15) is 0 Å². The molecule has 0 aliphatic rings. The van der Waals surface area contributed by atoms with Gasteiger partial charge in [0.05, 0.1) is 0 Å². The summed E-state index contributed by atoms with van der Waals surface area (Å²) in [4.78, 5) is 0. The van der Waals surface area contributed by atoms with E-state index < -0.39 is 0 Å². The minimum Gasteiger partial charge on any atom is -0.322 e. The van der Waals surface area contributed by atoms with E-state index in [1.165, 1.54) is 12.8 Å². The van der Waals surface area contributed by atoms with Crippen molar-refractivity contribution >= 4 is 0 Å². The molecule has 0 aliphatic carbocycles. The third kappa shape index (κ3) is 7.50. The van der Waals surface area contributed by atoms with E-state index in [0.717, 1.165) is 6.42 Å². The Labute approximate surface area is 57.3 Å². The van der Waals surface area contributed by atoms with Gasteiger partial charge in [-0.1, -0.05) is 25.8 Å². The third-order valence-electron chi connectivity index (χ3n) is 1.06. The monoisotopic (exact) mass is 128 g/mol. The molecule has 0 aromatic heterocycles. The second-order valence-electron chi connectivity index (χ2n) is 2.19. The molecule has 0 radical (unpaired) electrons. The summed E-state index contributed by atoms with van der Waals surface area (Å²) >= 11 is 0. The van der Waals surface area contributed by atoms with Crippen molar-refractivity contribution in [1.29, 1.82) is 0 Å². The van der Waals surface area contributed by atoms with Crippen molar-refractivity contribution in [1.82, 2.24) is 5.01 Å². The lowest BCUT2D eigenvalue weighted by molar-refractivity contribution is 0.482. The van der Waals surface area contributed by atoms with Crippen molar-refractivity contribution in [2.75, 3.05) is 7.05 Å². The van der Waals surface area contributed by atoms with Gasteiger partial charge in [-0.05, 0) is 6.42 Å². The Bertz CT molecular complexity index is 77.0. The molecule has 54 valence electrons. The van der Waals surface area contributed by atoms with Crippen molar-refractivity contribution in [3.63, 3.8) is 0 Å². The molecule has 9 heavy (non-hydrogen) atoms. The van der Waals surface area contributed by atoms with Crippen LogP contribution < -0.4 is 5.84 Å². The van der Waals surface area contributed by atoms with Crippen LogP contribution in [0.15, 0.2) is 12.3 Å². The van der Waals surface area contributed by atoms with Gasteiger partial charge in [0.15, 0.2) is 0 Å². The lowest BCUT2D eigenvalue weighted by atomic mass is 10.2. The largest absolute Gasteiger partial charge is 0.322 e. The predicted octanol–water partition coefficient (Wildman–Crippen LogP) is 1.50. The van der Waals surface area contributed by atoms with Gasteiger partial charge in [0.25, 0.3) is 0 Å². The zero-order chi connectivity index (χ0) is 7.11. The van der Waals surface area contributed by atoms with Crippen LogP contribution in [-0.2, 0) is 0 Å². The Balaban J connectivity index is 3.04. The van der Waals surface area contributed by atoms with E-state index in [1.807, 2.05) is 13.2 Å². The lowest BCUT2D eigenvalue weighted by Gasteiger charge is -2.01. The summed E-state index contributed by atoms with van der Waals surface area (Å²) in [6, 6.07) is 0. The molecule has 0 saturated heterocycles. The molecule has 0 atom stereocenters. The maximum Gasteiger partial charge on any atom is 0.0222 e. The van der Waals surface area contributed by atoms with Crippen LogP contribution in [0.4, 0.5) is 0 Å². The molecule has 0 saturated carbocycles. The average molecular weight is 128 g/mol. The summed E-state index contributed by atoms with van der Waals surface area (Å²) in [5.74, 6) is 5.32. The smallest absolute Gasteiger partial charge is 0.0222 e. The van der Waals surface area contributed by atoms with Gasteiger partial charge in [-0.15, -0.1) is 0 Å². The molecule has 2 nitrogen and oxygen atoms in total. The van der Waals surface area contributed by atoms with Gasteiger partial charge in [-0.3, -0.25) is 0 Å². The number of hydrogen-bond acceptors (Lipinski definition) is 2. The molecule has 0 aromatic rings. The first kappa shape index (κ1) is 8.50. The number of nitrogens with zero attached hydrogens (tertiary/aromatic N) is 1. The zero-order valence-electron chi connectivity index (χ0n) is 6.30. The van der Waals surface area contributed by atoms with Gasteiger partial charge >= 0.3 is 0 Å². The van der Waals surface area contributed by atoms with Gasteiger partial charge in [-0.2, -0.15) is 0 Å². The quantitative estimate of drug-likeness (QED) is 0.353. The highest BCUT2D eigenvalue weighted by Crippen LogP contribution is 1.94. The van der Waals surface area contributed by atoms with E-state index in [9.17, 15) is 0 Å². The van der Waals surface area contributed by atoms with Crippen molar-refractivity contribution in [3.8, 4) is 0 Å². The van der Waals surface area contributed by atoms with Crippen LogP contribution in [0.3, 0.4) is 0 Å². The first-order valence-electron chi connectivity index (χ1n) is 3.41. The molecule has 0 spiro atoms. The molecule has 0 unspecified atom stereocenters. The number of nitrogens with two attached hydrogens (primary N) is 1. The maximum atomic E-state index is 5.32. The number of hydrogen-bond donors (Lipinski definition) is 1. The molecule has 2 N–H and O–H groups in total. The van der Waals surface area contributed by atoms with Crippen LogP contribution in [0.2, 0.25) is 0 Å². The Morgan fingerprint density at radius 2 is 2.22 bits per heavy atom. The van der Waals surface area contributed by atoms with Crippen LogP contribution in [-0.4, -0.2) is 12.1 Å². The lowest BCUT2D eigenvalue weighted by Crippen LogP contribution is -2.18. The van der Waals surface area contributed by atoms with Crippen LogP contribution in [0.5, 0.6) is 0 Å². The topological polar surface area (TPSA) is 29.3 Å². The maximum absolute atomic E-state index is 5.32. The molecule has 0 aromatic carbocycles. The summed E-state index contributed by atoms with van der Waals surface area (Å²) in [5.41, 5.74) is 0. The van der Waals surface area contributed by atoms with Crippen LogP contribution >= 0.6 is 0 Å². The standard InChI is InChI=1S/C7H16N2/c1-3-4-5-6-7-9(2)8/h6-7H,3-5,8H2,1-2H3/b7-6+. The Morgan fingerprint density at radius 1 is 1.56 bits per heavy atom. The highest BCUT2D eigenvalue weighted by atomic mass is 15.4. The van der Waals surface area contributed by atoms with Gasteiger partial charge in [0, 0.05) is 13.2 Å². The van der Waals surface area contributed by atoms with Crippen molar-refractivity contribution in [3.05, 3.63) is 12.3 Å². The normalized spacial score (nSPS) is 10.6. The fraction of sp³-hybridized carbons (Fsp3) is 0.714. The van der Waals surface area contributed by atoms with E-state index in [-0.39, 0.29) is 0 Å². The van der Waals surface area contributed by atoms with Crippen LogP contribution in [0, 0.1) is 0 Å². The summed E-state index contributed by atoms with van der Waals surface area (Å²) in [6.45, 7) is 2.18. The van der Waals surface area contributed by atoms with E-state index in [1.54, 1.807) is 5.01 Å². The summed E-state index contributed by atoms with van der Waals surface area (Å²) < 4.78 is 0. The predicted molar refractivity (Wildman–Crippen MR) is 40.6 cm³/mol. The minimum atomic E-state index is 1.14. The molecular weight excluding hydrogens is 112 g/mol. The number of rotatable bonds is 4. The van der Waals surface area contributed by atoms with E-state index in [2.05, 4.69) is 13.0 Å². The third-order valence-corrected chi connectivity index (χ3v) is 1.06. The molecule has 0 bridgehead atoms. The summed E-state index contributed by atoms with van der Waals surface area (Å²) in [6.07, 6.45) is 7.61. The highest BCUT2D eigenvalue weighted by Gasteiger charge is 1.77. The summed E-state index contributed by atoms with van der Waals surface area (Å²) in [7, 11) is 1.82. The van der Waals surface area contributed by atoms with Crippen molar-refractivity contribution in [2.24, 2.45) is 5.84 Å². The molecular formula is C7H16N2. The molecule has 2 heteroatoms. The second-order valence-corrected chi connectivity index (χ2v) is 2.19. The first-order valence-corrected chi connectivity index (χ1v) is 3.41. The zero-order valence-corrected chi connectivity index (χ0v) is 6.30. The van der Waals surface area contributed by atoms with Gasteiger partial charge in [-0.25, -0.2) is 5.84 Å². The highest BCUT2D eigenvalue weighted by molar-refractivity contribution is 4.77. The molecule has 0 heterocycles. The Hall–Kier alpha value is -0.500. The fourth-order valence-electron chi connectivity index (χ4n) is 0.563. The fourth-order valence-corrected chi connectivity index (χ4v) is 0.563. The second kappa shape index (κ2) is 5.63.